The van der Waals surface area contributed by atoms with Crippen molar-refractivity contribution in [3.05, 3.63) is 42.7 Å². The molecule has 0 amide bonds. The van der Waals surface area contributed by atoms with Gasteiger partial charge in [-0.2, -0.15) is 0 Å². The number of nitrogens with one attached hydrogen (secondary N) is 2. The van der Waals surface area contributed by atoms with Crippen LogP contribution >= 0.6 is 0 Å². The van der Waals surface area contributed by atoms with Gasteiger partial charge in [0.25, 0.3) is 10.0 Å². The summed E-state index contributed by atoms with van der Waals surface area (Å²) >= 11 is 0. The zero-order valence-electron chi connectivity index (χ0n) is 10.6. The highest BCUT2D eigenvalue weighted by molar-refractivity contribution is 7.92. The number of pyridine rings is 1. The van der Waals surface area contributed by atoms with Crippen LogP contribution in [0.15, 0.2) is 52.1 Å². The number of nitrogen functional groups attached to an aromatic ring is 1. The van der Waals surface area contributed by atoms with E-state index in [1.807, 2.05) is 0 Å². The number of hydrazine groups is 1. The average Bonchev–Trinajstić information content (AvgIpc) is 2.98. The fourth-order valence-electron chi connectivity index (χ4n) is 1.81. The Morgan fingerprint density at radius 3 is 2.67 bits per heavy atom. The minimum Gasteiger partial charge on any atom is -0.363 e. The Hall–Kier alpha value is -2.65. The van der Waals surface area contributed by atoms with Gasteiger partial charge in [-0.3, -0.25) is 4.72 Å². The largest absolute Gasteiger partial charge is 0.363 e. The zero-order chi connectivity index (χ0) is 14.9. The number of benzene rings is 1. The van der Waals surface area contributed by atoms with Crippen LogP contribution in [0.3, 0.4) is 0 Å². The second-order valence-corrected chi connectivity index (χ2v) is 5.87. The molecule has 2 heterocycles. The Labute approximate surface area is 120 Å². The van der Waals surface area contributed by atoms with Crippen molar-refractivity contribution < 1.29 is 12.9 Å². The van der Waals surface area contributed by atoms with E-state index in [2.05, 4.69) is 24.8 Å². The highest BCUT2D eigenvalue weighted by atomic mass is 32.2. The smallest absolute Gasteiger partial charge is 0.263 e. The van der Waals surface area contributed by atoms with E-state index < -0.39 is 10.0 Å². The molecule has 3 aromatic rings. The molecule has 0 spiro atoms. The second-order valence-electron chi connectivity index (χ2n) is 4.19. The third kappa shape index (κ3) is 2.64. The molecule has 8 nitrogen and oxygen atoms in total. The topological polar surface area (TPSA) is 123 Å². The maximum absolute atomic E-state index is 12.2. The second kappa shape index (κ2) is 5.04. The Balaban J connectivity index is 2.00. The summed E-state index contributed by atoms with van der Waals surface area (Å²) in [5.74, 6) is 5.90. The lowest BCUT2D eigenvalue weighted by atomic mass is 10.2. The predicted octanol–water partition coefficient (Wildman–Crippen LogP) is 1.31. The van der Waals surface area contributed by atoms with Crippen LogP contribution in [-0.4, -0.2) is 18.6 Å². The lowest BCUT2D eigenvalue weighted by Crippen LogP contribution is -2.13. The van der Waals surface area contributed by atoms with E-state index in [9.17, 15) is 8.42 Å². The highest BCUT2D eigenvalue weighted by Crippen LogP contribution is 2.21. The maximum Gasteiger partial charge on any atom is 0.263 e. The maximum atomic E-state index is 12.2. The number of anilines is 2. The zero-order valence-corrected chi connectivity index (χ0v) is 11.5. The molecule has 1 aromatic carbocycles. The fraction of sp³-hybridized carbons (Fsp3) is 0. The van der Waals surface area contributed by atoms with Gasteiger partial charge in [0.2, 0.25) is 0 Å². The van der Waals surface area contributed by atoms with E-state index in [0.717, 1.165) is 0 Å². The van der Waals surface area contributed by atoms with Crippen molar-refractivity contribution in [3.63, 3.8) is 0 Å². The summed E-state index contributed by atoms with van der Waals surface area (Å²) in [5, 5.41) is 4.19. The first-order valence-corrected chi connectivity index (χ1v) is 7.37. The lowest BCUT2D eigenvalue weighted by Gasteiger charge is -2.07. The van der Waals surface area contributed by atoms with Gasteiger partial charge in [-0.05, 0) is 30.3 Å². The van der Waals surface area contributed by atoms with Crippen molar-refractivity contribution in [2.24, 2.45) is 5.84 Å². The standard InChI is InChI=1S/C12H11N5O3S/c13-15-11-4-1-8-7-9(2-3-10(8)14-11)21(18,19)17-12-5-6-20-16-12/h1-7H,13H2,(H,14,15)(H,16,17). The number of hydrogen-bond acceptors (Lipinski definition) is 7. The number of nitrogens with two attached hydrogens (primary N) is 1. The number of nitrogens with zero attached hydrogens (tertiary/aromatic N) is 2. The number of rotatable bonds is 4. The van der Waals surface area contributed by atoms with E-state index in [-0.39, 0.29) is 10.7 Å². The summed E-state index contributed by atoms with van der Waals surface area (Å²) in [7, 11) is -3.73. The molecule has 21 heavy (non-hydrogen) atoms. The SMILES string of the molecule is NNc1ccc2cc(S(=O)(=O)Nc3ccon3)ccc2n1. The molecule has 0 fully saturated rings. The molecule has 0 atom stereocenters. The Morgan fingerprint density at radius 2 is 1.95 bits per heavy atom. The number of hydrogen-bond donors (Lipinski definition) is 3. The van der Waals surface area contributed by atoms with Gasteiger partial charge in [0.1, 0.15) is 12.1 Å². The van der Waals surface area contributed by atoms with Gasteiger partial charge in [0, 0.05) is 11.5 Å². The van der Waals surface area contributed by atoms with Crippen LogP contribution in [0.2, 0.25) is 0 Å². The number of aromatic nitrogens is 2. The normalized spacial score (nSPS) is 11.5. The summed E-state index contributed by atoms with van der Waals surface area (Å²) in [4.78, 5) is 4.32. The number of fused-ring (bicyclic) bond motifs is 1. The third-order valence-electron chi connectivity index (χ3n) is 2.80. The average molecular weight is 305 g/mol. The first-order chi connectivity index (χ1) is 10.1. The van der Waals surface area contributed by atoms with Gasteiger partial charge in [-0.25, -0.2) is 19.2 Å². The van der Waals surface area contributed by atoms with E-state index in [1.165, 1.54) is 24.5 Å². The number of sulfonamides is 1. The molecule has 0 saturated carbocycles. The van der Waals surface area contributed by atoms with E-state index in [1.54, 1.807) is 18.2 Å². The third-order valence-corrected chi connectivity index (χ3v) is 4.15. The van der Waals surface area contributed by atoms with E-state index >= 15 is 0 Å². The van der Waals surface area contributed by atoms with Crippen molar-refractivity contribution in [1.82, 2.24) is 10.1 Å². The van der Waals surface area contributed by atoms with Crippen LogP contribution in [-0.2, 0) is 10.0 Å². The molecular weight excluding hydrogens is 294 g/mol. The van der Waals surface area contributed by atoms with Crippen molar-refractivity contribution in [2.45, 2.75) is 4.90 Å². The van der Waals surface area contributed by atoms with Gasteiger partial charge in [-0.1, -0.05) is 5.16 Å². The Morgan fingerprint density at radius 1 is 1.10 bits per heavy atom. The summed E-state index contributed by atoms with van der Waals surface area (Å²) in [6.07, 6.45) is 1.28. The van der Waals surface area contributed by atoms with Crippen LogP contribution in [0.4, 0.5) is 11.6 Å². The summed E-state index contributed by atoms with van der Waals surface area (Å²) in [6.45, 7) is 0. The first kappa shape index (κ1) is 13.3. The van der Waals surface area contributed by atoms with E-state index in [4.69, 9.17) is 5.84 Å². The van der Waals surface area contributed by atoms with Crippen LogP contribution in [0, 0.1) is 0 Å². The predicted molar refractivity (Wildman–Crippen MR) is 76.9 cm³/mol. The van der Waals surface area contributed by atoms with Gasteiger partial charge in [0.05, 0.1) is 10.4 Å². The molecule has 0 saturated heterocycles. The highest BCUT2D eigenvalue weighted by Gasteiger charge is 2.16. The molecule has 0 unspecified atom stereocenters. The fourth-order valence-corrected chi connectivity index (χ4v) is 2.84. The van der Waals surface area contributed by atoms with Gasteiger partial charge >= 0.3 is 0 Å². The van der Waals surface area contributed by atoms with Crippen molar-refractivity contribution in [1.29, 1.82) is 0 Å². The molecule has 0 bridgehead atoms. The summed E-state index contributed by atoms with van der Waals surface area (Å²) in [6, 6.07) is 9.38. The van der Waals surface area contributed by atoms with E-state index in [0.29, 0.717) is 16.7 Å². The summed E-state index contributed by atoms with van der Waals surface area (Å²) in [5.41, 5.74) is 3.06. The van der Waals surface area contributed by atoms with Crippen LogP contribution in [0.5, 0.6) is 0 Å². The molecular formula is C12H11N5O3S. The molecule has 0 aliphatic rings. The van der Waals surface area contributed by atoms with Crippen LogP contribution < -0.4 is 16.0 Å². The van der Waals surface area contributed by atoms with Gasteiger partial charge in [0.15, 0.2) is 5.82 Å². The minimum absolute atomic E-state index is 0.105. The lowest BCUT2D eigenvalue weighted by molar-refractivity contribution is 0.423. The van der Waals surface area contributed by atoms with Crippen LogP contribution in [0.1, 0.15) is 0 Å². The quantitative estimate of drug-likeness (QED) is 0.490. The van der Waals surface area contributed by atoms with Crippen molar-refractivity contribution in [3.8, 4) is 0 Å². The molecule has 3 rings (SSSR count). The molecule has 108 valence electrons. The van der Waals surface area contributed by atoms with Gasteiger partial charge in [-0.15, -0.1) is 0 Å². The van der Waals surface area contributed by atoms with Crippen LogP contribution in [0.25, 0.3) is 10.9 Å². The first-order valence-electron chi connectivity index (χ1n) is 5.89. The molecule has 4 N–H and O–H groups in total. The summed E-state index contributed by atoms with van der Waals surface area (Å²) < 4.78 is 31.3. The van der Waals surface area contributed by atoms with Crippen molar-refractivity contribution >= 4 is 32.6 Å². The minimum atomic E-state index is -3.73. The molecule has 0 aliphatic heterocycles. The Bertz CT molecular complexity index is 877. The molecule has 0 aliphatic carbocycles. The molecule has 2 aromatic heterocycles. The van der Waals surface area contributed by atoms with Gasteiger partial charge < -0.3 is 9.95 Å². The molecule has 9 heteroatoms. The Kier molecular flexibility index (Phi) is 3.20. The molecule has 0 radical (unpaired) electrons. The van der Waals surface area contributed by atoms with Crippen molar-refractivity contribution in [2.75, 3.05) is 10.1 Å². The monoisotopic (exact) mass is 305 g/mol.